The minimum atomic E-state index is -3.98. The van der Waals surface area contributed by atoms with Crippen LogP contribution >= 0.6 is 0 Å². The number of hydrogen-bond donors (Lipinski definition) is 1. The van der Waals surface area contributed by atoms with Gasteiger partial charge in [0.25, 0.3) is 0 Å². The molecule has 1 aliphatic carbocycles. The van der Waals surface area contributed by atoms with Crippen molar-refractivity contribution in [1.29, 1.82) is 0 Å². The molecule has 0 amide bonds. The number of nitrogens with two attached hydrogens (primary N) is 1. The van der Waals surface area contributed by atoms with Gasteiger partial charge in [-0.2, -0.15) is 8.78 Å². The maximum absolute atomic E-state index is 12.0. The van der Waals surface area contributed by atoms with Gasteiger partial charge >= 0.3 is 5.92 Å². The summed E-state index contributed by atoms with van der Waals surface area (Å²) in [5.41, 5.74) is 4.33. The van der Waals surface area contributed by atoms with Crippen molar-refractivity contribution < 1.29 is 17.6 Å². The quantitative estimate of drug-likeness (QED) is 0.397. The molecule has 2 unspecified atom stereocenters. The van der Waals surface area contributed by atoms with Crippen molar-refractivity contribution in [1.82, 2.24) is 0 Å². The van der Waals surface area contributed by atoms with E-state index in [-0.39, 0.29) is 0 Å². The predicted octanol–water partition coefficient (Wildman–Crippen LogP) is 0.988. The minimum absolute atomic E-state index is 0.903. The number of halogens is 4. The first-order valence-electron chi connectivity index (χ1n) is 2.37. The first-order valence-corrected chi connectivity index (χ1v) is 2.37. The van der Waals surface area contributed by atoms with Crippen LogP contribution in [-0.4, -0.2) is 17.9 Å². The molecule has 0 heterocycles. The van der Waals surface area contributed by atoms with E-state index < -0.39 is 24.3 Å². The van der Waals surface area contributed by atoms with E-state index in [0.717, 1.165) is 0 Å². The van der Waals surface area contributed by atoms with Crippen LogP contribution < -0.4 is 5.73 Å². The molecular formula is C4H5F4N. The fourth-order valence-corrected chi connectivity index (χ4v) is 0.654. The van der Waals surface area contributed by atoms with E-state index in [1.165, 1.54) is 0 Å². The van der Waals surface area contributed by atoms with Gasteiger partial charge in [-0.3, -0.25) is 5.73 Å². The Balaban J connectivity index is 2.70. The van der Waals surface area contributed by atoms with Crippen LogP contribution in [0.5, 0.6) is 0 Å². The minimum Gasteiger partial charge on any atom is -0.294 e. The smallest absolute Gasteiger partial charge is 0.294 e. The molecule has 1 aliphatic rings. The summed E-state index contributed by atoms with van der Waals surface area (Å²) in [5, 5.41) is 0. The Morgan fingerprint density at radius 2 is 1.78 bits per heavy atom. The Bertz CT molecular complexity index is 133. The largest absolute Gasteiger partial charge is 0.325 e. The predicted molar refractivity (Wildman–Crippen MR) is 22.5 cm³/mol. The molecule has 1 nitrogen and oxygen atoms in total. The number of hydrogen-bond acceptors (Lipinski definition) is 1. The van der Waals surface area contributed by atoms with Crippen LogP contribution in [-0.2, 0) is 0 Å². The van der Waals surface area contributed by atoms with Gasteiger partial charge in [-0.25, -0.2) is 8.78 Å². The molecular weight excluding hydrogens is 138 g/mol. The van der Waals surface area contributed by atoms with E-state index in [9.17, 15) is 17.6 Å². The summed E-state index contributed by atoms with van der Waals surface area (Å²) in [6.45, 7) is 0. The maximum Gasteiger partial charge on any atom is 0.325 e. The van der Waals surface area contributed by atoms with Crippen molar-refractivity contribution in [2.45, 2.75) is 24.3 Å². The van der Waals surface area contributed by atoms with E-state index in [4.69, 9.17) is 0 Å². The van der Waals surface area contributed by atoms with E-state index in [1.807, 2.05) is 0 Å². The van der Waals surface area contributed by atoms with Crippen molar-refractivity contribution >= 4 is 0 Å². The first-order chi connectivity index (χ1) is 3.88. The second kappa shape index (κ2) is 1.39. The zero-order valence-electron chi connectivity index (χ0n) is 4.37. The van der Waals surface area contributed by atoms with E-state index in [0.29, 0.717) is 0 Å². The zero-order valence-corrected chi connectivity index (χ0v) is 4.37. The summed E-state index contributed by atoms with van der Waals surface area (Å²) >= 11 is 0. The monoisotopic (exact) mass is 143 g/mol. The Hall–Kier alpha value is -0.320. The van der Waals surface area contributed by atoms with Gasteiger partial charge in [-0.1, -0.05) is 0 Å². The van der Waals surface area contributed by atoms with Gasteiger partial charge in [0.1, 0.15) is 0 Å². The van der Waals surface area contributed by atoms with Gasteiger partial charge in [0.15, 0.2) is 6.17 Å². The van der Waals surface area contributed by atoms with Crippen LogP contribution in [0.2, 0.25) is 0 Å². The fraction of sp³-hybridized carbons (Fsp3) is 1.00. The maximum atomic E-state index is 12.0. The summed E-state index contributed by atoms with van der Waals surface area (Å²) in [6.07, 6.45) is -3.31. The molecule has 0 aliphatic heterocycles. The normalized spacial score (nSPS) is 48.3. The summed E-state index contributed by atoms with van der Waals surface area (Å²) in [7, 11) is 0. The Morgan fingerprint density at radius 1 is 1.33 bits per heavy atom. The second-order valence-corrected chi connectivity index (χ2v) is 2.16. The van der Waals surface area contributed by atoms with Crippen molar-refractivity contribution in [3.8, 4) is 0 Å². The molecule has 1 rings (SSSR count). The van der Waals surface area contributed by atoms with Crippen molar-refractivity contribution in [3.05, 3.63) is 0 Å². The molecule has 5 heteroatoms. The van der Waals surface area contributed by atoms with Crippen LogP contribution in [0.3, 0.4) is 0 Å². The molecule has 0 saturated heterocycles. The zero-order chi connectivity index (χ0) is 7.28. The molecule has 2 N–H and O–H groups in total. The Labute approximate surface area is 48.8 Å². The average Bonchev–Trinajstić information content (AvgIpc) is 1.65. The lowest BCUT2D eigenvalue weighted by atomic mass is 9.84. The van der Waals surface area contributed by atoms with Gasteiger partial charge in [0.05, 0.1) is 0 Å². The standard InChI is InChI=1S/C4H5F4N/c5-2-1-3(6,9)4(2,7)8/h2H,1,9H2. The summed E-state index contributed by atoms with van der Waals surface area (Å²) in [5.74, 6) is -7.10. The van der Waals surface area contributed by atoms with Crippen LogP contribution in [0.15, 0.2) is 0 Å². The number of alkyl halides is 4. The van der Waals surface area contributed by atoms with Gasteiger partial charge < -0.3 is 0 Å². The van der Waals surface area contributed by atoms with Crippen LogP contribution in [0, 0.1) is 0 Å². The molecule has 0 aromatic carbocycles. The molecule has 0 aromatic rings. The van der Waals surface area contributed by atoms with Crippen molar-refractivity contribution in [3.63, 3.8) is 0 Å². The molecule has 54 valence electrons. The average molecular weight is 143 g/mol. The molecule has 1 fully saturated rings. The highest BCUT2D eigenvalue weighted by atomic mass is 19.3. The highest BCUT2D eigenvalue weighted by Crippen LogP contribution is 2.48. The van der Waals surface area contributed by atoms with E-state index in [2.05, 4.69) is 5.73 Å². The van der Waals surface area contributed by atoms with Crippen LogP contribution in [0.25, 0.3) is 0 Å². The highest BCUT2D eigenvalue weighted by Gasteiger charge is 2.69. The molecule has 1 saturated carbocycles. The number of rotatable bonds is 0. The third-order valence-corrected chi connectivity index (χ3v) is 1.42. The lowest BCUT2D eigenvalue weighted by molar-refractivity contribution is -0.256. The SMILES string of the molecule is NC1(F)CC(F)C1(F)F. The van der Waals surface area contributed by atoms with Crippen LogP contribution in [0.4, 0.5) is 17.6 Å². The Morgan fingerprint density at radius 3 is 1.78 bits per heavy atom. The molecule has 0 bridgehead atoms. The third kappa shape index (κ3) is 0.640. The van der Waals surface area contributed by atoms with Crippen molar-refractivity contribution in [2.75, 3.05) is 0 Å². The Kier molecular flexibility index (Phi) is 1.05. The second-order valence-electron chi connectivity index (χ2n) is 2.16. The molecule has 0 radical (unpaired) electrons. The third-order valence-electron chi connectivity index (χ3n) is 1.42. The fourth-order valence-electron chi connectivity index (χ4n) is 0.654. The van der Waals surface area contributed by atoms with E-state index >= 15 is 0 Å². The molecule has 2 atom stereocenters. The summed E-state index contributed by atoms with van der Waals surface area (Å²) in [4.78, 5) is 0. The van der Waals surface area contributed by atoms with Gasteiger partial charge in [-0.15, -0.1) is 0 Å². The van der Waals surface area contributed by atoms with Gasteiger partial charge in [-0.05, 0) is 0 Å². The molecule has 0 spiro atoms. The lowest BCUT2D eigenvalue weighted by Gasteiger charge is -2.41. The first kappa shape index (κ1) is 6.80. The topological polar surface area (TPSA) is 26.0 Å². The van der Waals surface area contributed by atoms with Gasteiger partial charge in [0, 0.05) is 6.42 Å². The van der Waals surface area contributed by atoms with Crippen molar-refractivity contribution in [2.24, 2.45) is 5.73 Å². The van der Waals surface area contributed by atoms with E-state index in [1.54, 1.807) is 0 Å². The molecule has 0 aromatic heterocycles. The highest BCUT2D eigenvalue weighted by molar-refractivity contribution is 5.06. The van der Waals surface area contributed by atoms with Gasteiger partial charge in [0.2, 0.25) is 5.79 Å². The molecule has 9 heavy (non-hydrogen) atoms. The summed E-state index contributed by atoms with van der Waals surface area (Å²) in [6, 6.07) is 0. The summed E-state index contributed by atoms with van der Waals surface area (Å²) < 4.78 is 47.4. The lowest BCUT2D eigenvalue weighted by Crippen LogP contribution is -2.68. The van der Waals surface area contributed by atoms with Crippen LogP contribution in [0.1, 0.15) is 6.42 Å².